The normalized spacial score (nSPS) is 19.8. The van der Waals surface area contributed by atoms with Crippen molar-refractivity contribution in [2.45, 2.75) is 39.3 Å². The van der Waals surface area contributed by atoms with E-state index in [1.807, 2.05) is 0 Å². The summed E-state index contributed by atoms with van der Waals surface area (Å²) in [7, 11) is 2.23. The molecule has 0 saturated carbocycles. The van der Waals surface area contributed by atoms with Crippen molar-refractivity contribution in [3.63, 3.8) is 0 Å². The number of benzene rings is 1. The first-order valence-corrected chi connectivity index (χ1v) is 8.61. The van der Waals surface area contributed by atoms with Crippen LogP contribution in [0.15, 0.2) is 24.3 Å². The number of para-hydroxylation sites is 2. The summed E-state index contributed by atoms with van der Waals surface area (Å²) in [4.78, 5) is 7.27. The molecule has 1 N–H and O–H groups in total. The molecule has 0 amide bonds. The van der Waals surface area contributed by atoms with Crippen LogP contribution in [-0.4, -0.2) is 41.1 Å². The van der Waals surface area contributed by atoms with Crippen LogP contribution in [-0.2, 0) is 13.1 Å². The predicted octanol–water partition coefficient (Wildman–Crippen LogP) is 2.88. The van der Waals surface area contributed by atoms with Crippen LogP contribution >= 0.6 is 0 Å². The third kappa shape index (κ3) is 3.50. The molecular formula is C18H28N4. The molecule has 1 aromatic carbocycles. The Morgan fingerprint density at radius 3 is 3.00 bits per heavy atom. The van der Waals surface area contributed by atoms with Gasteiger partial charge in [0.15, 0.2) is 0 Å². The van der Waals surface area contributed by atoms with Gasteiger partial charge in [0, 0.05) is 13.1 Å². The van der Waals surface area contributed by atoms with Gasteiger partial charge in [0.05, 0.1) is 17.6 Å². The van der Waals surface area contributed by atoms with Crippen LogP contribution in [0.5, 0.6) is 0 Å². The minimum absolute atomic E-state index is 0.780. The van der Waals surface area contributed by atoms with Crippen molar-refractivity contribution in [2.24, 2.45) is 5.92 Å². The summed E-state index contributed by atoms with van der Waals surface area (Å²) in [5, 5.41) is 3.64. The monoisotopic (exact) mass is 300 g/mol. The first-order valence-electron chi connectivity index (χ1n) is 8.61. The van der Waals surface area contributed by atoms with Crippen LogP contribution in [0.25, 0.3) is 11.0 Å². The van der Waals surface area contributed by atoms with Crippen LogP contribution in [0.4, 0.5) is 0 Å². The summed E-state index contributed by atoms with van der Waals surface area (Å²) in [5.74, 6) is 1.95. The topological polar surface area (TPSA) is 33.1 Å². The molecule has 2 heterocycles. The largest absolute Gasteiger partial charge is 0.327 e. The minimum Gasteiger partial charge on any atom is -0.327 e. The number of imidazole rings is 1. The van der Waals surface area contributed by atoms with Gasteiger partial charge < -0.3 is 14.8 Å². The van der Waals surface area contributed by atoms with E-state index in [9.17, 15) is 0 Å². The van der Waals surface area contributed by atoms with Crippen molar-refractivity contribution in [3.05, 3.63) is 30.1 Å². The maximum absolute atomic E-state index is 4.82. The van der Waals surface area contributed by atoms with Crippen molar-refractivity contribution >= 4 is 11.0 Å². The van der Waals surface area contributed by atoms with E-state index < -0.39 is 0 Å². The summed E-state index contributed by atoms with van der Waals surface area (Å²) >= 11 is 0. The number of nitrogens with zero attached hydrogens (tertiary/aromatic N) is 3. The van der Waals surface area contributed by atoms with Gasteiger partial charge in [0.1, 0.15) is 5.82 Å². The highest BCUT2D eigenvalue weighted by atomic mass is 15.1. The second-order valence-corrected chi connectivity index (χ2v) is 6.57. The highest BCUT2D eigenvalue weighted by Gasteiger charge is 2.17. The van der Waals surface area contributed by atoms with Crippen LogP contribution in [0.3, 0.4) is 0 Å². The number of hydrogen-bond donors (Lipinski definition) is 1. The fourth-order valence-corrected chi connectivity index (χ4v) is 3.56. The molecule has 3 rings (SSSR count). The van der Waals surface area contributed by atoms with E-state index in [4.69, 9.17) is 4.98 Å². The van der Waals surface area contributed by atoms with Crippen molar-refractivity contribution in [3.8, 4) is 0 Å². The second kappa shape index (κ2) is 7.25. The highest BCUT2D eigenvalue weighted by molar-refractivity contribution is 5.75. The van der Waals surface area contributed by atoms with E-state index in [2.05, 4.69) is 53.0 Å². The number of aromatic nitrogens is 2. The number of nitrogens with one attached hydrogen (secondary N) is 1. The minimum atomic E-state index is 0.780. The molecule has 1 saturated heterocycles. The maximum atomic E-state index is 4.82. The summed E-state index contributed by atoms with van der Waals surface area (Å²) in [5.41, 5.74) is 2.38. The van der Waals surface area contributed by atoms with Crippen molar-refractivity contribution in [1.82, 2.24) is 19.8 Å². The Labute approximate surface area is 133 Å². The number of fused-ring (bicyclic) bond motifs is 1. The third-order valence-electron chi connectivity index (χ3n) is 4.62. The molecule has 0 aliphatic carbocycles. The number of piperidine rings is 1. The predicted molar refractivity (Wildman–Crippen MR) is 92.0 cm³/mol. The quantitative estimate of drug-likeness (QED) is 0.890. The van der Waals surface area contributed by atoms with Gasteiger partial charge in [0.2, 0.25) is 0 Å². The molecule has 2 aromatic rings. The molecule has 4 heteroatoms. The first kappa shape index (κ1) is 15.5. The lowest BCUT2D eigenvalue weighted by molar-refractivity contribution is 0.206. The van der Waals surface area contributed by atoms with Crippen molar-refractivity contribution in [2.75, 3.05) is 26.7 Å². The number of aryl methyl sites for hydroxylation is 1. The molecule has 22 heavy (non-hydrogen) atoms. The van der Waals surface area contributed by atoms with E-state index in [0.29, 0.717) is 0 Å². The van der Waals surface area contributed by atoms with Gasteiger partial charge in [-0.15, -0.1) is 0 Å². The Morgan fingerprint density at radius 2 is 2.18 bits per heavy atom. The van der Waals surface area contributed by atoms with Gasteiger partial charge in [-0.2, -0.15) is 0 Å². The van der Waals surface area contributed by atoms with Gasteiger partial charge >= 0.3 is 0 Å². The SMILES string of the molecule is CCCn1c(CNC[C@@H]2CCCN(C)C2)nc2ccccc21. The van der Waals surface area contributed by atoms with Gasteiger partial charge in [-0.3, -0.25) is 0 Å². The van der Waals surface area contributed by atoms with Crippen molar-refractivity contribution in [1.29, 1.82) is 0 Å². The van der Waals surface area contributed by atoms with Crippen LogP contribution in [0.2, 0.25) is 0 Å². The van der Waals surface area contributed by atoms with E-state index in [1.165, 1.54) is 37.3 Å². The fraction of sp³-hybridized carbons (Fsp3) is 0.611. The van der Waals surface area contributed by atoms with Gasteiger partial charge in [-0.25, -0.2) is 4.98 Å². The Hall–Kier alpha value is -1.39. The maximum Gasteiger partial charge on any atom is 0.123 e. The van der Waals surface area contributed by atoms with E-state index >= 15 is 0 Å². The molecule has 120 valence electrons. The molecule has 1 aromatic heterocycles. The van der Waals surface area contributed by atoms with E-state index in [1.54, 1.807) is 0 Å². The molecule has 1 fully saturated rings. The Balaban J connectivity index is 1.64. The standard InChI is InChI=1S/C18H28N4/c1-3-10-22-17-9-5-4-8-16(17)20-18(22)13-19-12-15-7-6-11-21(2)14-15/h4-5,8-9,15,19H,3,6-7,10-14H2,1-2H3/t15-/m0/s1. The molecule has 1 aliphatic heterocycles. The molecule has 0 unspecified atom stereocenters. The molecule has 4 nitrogen and oxygen atoms in total. The summed E-state index contributed by atoms with van der Waals surface area (Å²) in [6.45, 7) is 7.71. The Kier molecular flexibility index (Phi) is 5.11. The molecule has 0 bridgehead atoms. The third-order valence-corrected chi connectivity index (χ3v) is 4.62. The average Bonchev–Trinajstić information content (AvgIpc) is 2.86. The Morgan fingerprint density at radius 1 is 1.32 bits per heavy atom. The zero-order chi connectivity index (χ0) is 15.4. The lowest BCUT2D eigenvalue weighted by Crippen LogP contribution is -2.37. The zero-order valence-electron chi connectivity index (χ0n) is 13.9. The second-order valence-electron chi connectivity index (χ2n) is 6.57. The fourth-order valence-electron chi connectivity index (χ4n) is 3.56. The van der Waals surface area contributed by atoms with Gasteiger partial charge in [-0.05, 0) is 57.5 Å². The van der Waals surface area contributed by atoms with Crippen molar-refractivity contribution < 1.29 is 0 Å². The summed E-state index contributed by atoms with van der Waals surface area (Å²) in [6.07, 6.45) is 3.82. The number of rotatable bonds is 6. The van der Waals surface area contributed by atoms with Gasteiger partial charge in [-0.1, -0.05) is 19.1 Å². The van der Waals surface area contributed by atoms with Gasteiger partial charge in [0.25, 0.3) is 0 Å². The molecule has 0 spiro atoms. The van der Waals surface area contributed by atoms with E-state index in [0.717, 1.165) is 37.5 Å². The molecule has 1 aliphatic rings. The lowest BCUT2D eigenvalue weighted by atomic mass is 9.98. The summed E-state index contributed by atoms with van der Waals surface area (Å²) < 4.78 is 2.37. The first-order chi connectivity index (χ1) is 10.8. The van der Waals surface area contributed by atoms with E-state index in [-0.39, 0.29) is 0 Å². The summed E-state index contributed by atoms with van der Waals surface area (Å²) in [6, 6.07) is 8.46. The lowest BCUT2D eigenvalue weighted by Gasteiger charge is -2.29. The molecular weight excluding hydrogens is 272 g/mol. The van der Waals surface area contributed by atoms with Crippen LogP contribution in [0.1, 0.15) is 32.0 Å². The molecule has 1 atom stereocenters. The molecule has 0 radical (unpaired) electrons. The zero-order valence-corrected chi connectivity index (χ0v) is 13.9. The van der Waals surface area contributed by atoms with Crippen LogP contribution < -0.4 is 5.32 Å². The van der Waals surface area contributed by atoms with Crippen LogP contribution in [0, 0.1) is 5.92 Å². The average molecular weight is 300 g/mol. The Bertz CT molecular complexity index is 604. The number of likely N-dealkylation sites (tertiary alicyclic amines) is 1. The number of hydrogen-bond acceptors (Lipinski definition) is 3. The highest BCUT2D eigenvalue weighted by Crippen LogP contribution is 2.17. The smallest absolute Gasteiger partial charge is 0.123 e.